The number of nitro benzene ring substituents is 1. The van der Waals surface area contributed by atoms with Gasteiger partial charge in [0.15, 0.2) is 9.84 Å². The van der Waals surface area contributed by atoms with E-state index in [1.807, 2.05) is 0 Å². The summed E-state index contributed by atoms with van der Waals surface area (Å²) in [5.41, 5.74) is 0.145. The maximum absolute atomic E-state index is 11.3. The zero-order valence-corrected chi connectivity index (χ0v) is 11.6. The molecule has 1 aromatic rings. The molecule has 1 aromatic carbocycles. The van der Waals surface area contributed by atoms with Crippen LogP contribution in [-0.4, -0.2) is 31.4 Å². The summed E-state index contributed by atoms with van der Waals surface area (Å²) < 4.78 is 22.6. The third kappa shape index (κ3) is 3.36. The van der Waals surface area contributed by atoms with E-state index in [0.717, 1.165) is 0 Å². The maximum Gasteiger partial charge on any atom is 0.310 e. The first-order valence-corrected chi connectivity index (χ1v) is 7.96. The van der Waals surface area contributed by atoms with Crippen LogP contribution in [0, 0.1) is 16.0 Å². The molecule has 1 heterocycles. The van der Waals surface area contributed by atoms with E-state index in [2.05, 4.69) is 5.32 Å². The summed E-state index contributed by atoms with van der Waals surface area (Å²) in [5, 5.41) is 13.9. The largest absolute Gasteiger partial charge is 0.379 e. The van der Waals surface area contributed by atoms with Crippen molar-refractivity contribution < 1.29 is 13.3 Å². The molecule has 0 radical (unpaired) electrons. The predicted molar refractivity (Wildman–Crippen MR) is 73.4 cm³/mol. The minimum Gasteiger partial charge on any atom is -0.379 e. The van der Waals surface area contributed by atoms with Crippen molar-refractivity contribution in [3.8, 4) is 0 Å². The van der Waals surface area contributed by atoms with E-state index in [9.17, 15) is 18.5 Å². The standard InChI is InChI=1S/C11H13ClN2O4S/c12-9-2-1-3-10(11(9)14(15)16)13-6-8-4-5-19(17,18)7-8/h1-3,8,13H,4-7H2. The minimum atomic E-state index is -2.93. The fourth-order valence-electron chi connectivity index (χ4n) is 2.13. The summed E-state index contributed by atoms with van der Waals surface area (Å²) >= 11 is 5.79. The van der Waals surface area contributed by atoms with Gasteiger partial charge in [-0.05, 0) is 24.5 Å². The Morgan fingerprint density at radius 1 is 1.47 bits per heavy atom. The van der Waals surface area contributed by atoms with E-state index in [4.69, 9.17) is 11.6 Å². The number of nitrogens with zero attached hydrogens (tertiary/aromatic N) is 1. The number of halogens is 1. The van der Waals surface area contributed by atoms with Crippen molar-refractivity contribution in [2.45, 2.75) is 6.42 Å². The second-order valence-corrected chi connectivity index (χ2v) is 7.18. The van der Waals surface area contributed by atoms with Crippen molar-refractivity contribution in [3.63, 3.8) is 0 Å². The second-order valence-electron chi connectivity index (χ2n) is 4.54. The SMILES string of the molecule is O=[N+]([O-])c1c(Cl)cccc1NCC1CCS(=O)(=O)C1. The number of rotatable bonds is 4. The number of benzene rings is 1. The van der Waals surface area contributed by atoms with E-state index in [1.165, 1.54) is 6.07 Å². The first kappa shape index (κ1) is 14.1. The lowest BCUT2D eigenvalue weighted by Crippen LogP contribution is -2.16. The Morgan fingerprint density at radius 3 is 2.79 bits per heavy atom. The van der Waals surface area contributed by atoms with Crippen LogP contribution in [0.15, 0.2) is 18.2 Å². The normalized spacial score (nSPS) is 21.2. The fraction of sp³-hybridized carbons (Fsp3) is 0.455. The van der Waals surface area contributed by atoms with E-state index in [0.29, 0.717) is 18.7 Å². The van der Waals surface area contributed by atoms with Crippen LogP contribution in [0.3, 0.4) is 0 Å². The average Bonchev–Trinajstić information content (AvgIpc) is 2.66. The molecule has 1 aliphatic heterocycles. The van der Waals surface area contributed by atoms with Gasteiger partial charge in [-0.1, -0.05) is 17.7 Å². The van der Waals surface area contributed by atoms with Crippen LogP contribution in [0.1, 0.15) is 6.42 Å². The van der Waals surface area contributed by atoms with Gasteiger partial charge in [0.05, 0.1) is 16.4 Å². The molecule has 1 saturated heterocycles. The number of para-hydroxylation sites is 1. The number of nitrogens with one attached hydrogen (secondary N) is 1. The first-order chi connectivity index (χ1) is 8.89. The van der Waals surface area contributed by atoms with Crippen molar-refractivity contribution in [1.29, 1.82) is 0 Å². The van der Waals surface area contributed by atoms with Crippen LogP contribution in [0.25, 0.3) is 0 Å². The maximum atomic E-state index is 11.3. The number of sulfone groups is 1. The van der Waals surface area contributed by atoms with Gasteiger partial charge in [-0.25, -0.2) is 8.42 Å². The van der Waals surface area contributed by atoms with Crippen LogP contribution in [0.4, 0.5) is 11.4 Å². The zero-order valence-electron chi connectivity index (χ0n) is 10.0. The monoisotopic (exact) mass is 304 g/mol. The van der Waals surface area contributed by atoms with Crippen LogP contribution < -0.4 is 5.32 Å². The molecule has 104 valence electrons. The Labute approximate surface area is 115 Å². The van der Waals surface area contributed by atoms with Crippen molar-refractivity contribution in [2.75, 3.05) is 23.4 Å². The molecular formula is C11H13ClN2O4S. The fourth-order valence-corrected chi connectivity index (χ4v) is 4.24. The summed E-state index contributed by atoms with van der Waals surface area (Å²) in [6.45, 7) is 0.389. The van der Waals surface area contributed by atoms with Crippen molar-refractivity contribution >= 4 is 32.8 Å². The molecule has 1 unspecified atom stereocenters. The lowest BCUT2D eigenvalue weighted by atomic mass is 10.1. The van der Waals surface area contributed by atoms with E-state index in [-0.39, 0.29) is 28.1 Å². The third-order valence-corrected chi connectivity index (χ3v) is 5.22. The highest BCUT2D eigenvalue weighted by Crippen LogP contribution is 2.32. The molecule has 1 N–H and O–H groups in total. The first-order valence-electron chi connectivity index (χ1n) is 5.76. The van der Waals surface area contributed by atoms with Gasteiger partial charge in [0.25, 0.3) is 0 Å². The summed E-state index contributed by atoms with van der Waals surface area (Å²) in [5.74, 6) is 0.314. The summed E-state index contributed by atoms with van der Waals surface area (Å²) in [7, 11) is -2.93. The van der Waals surface area contributed by atoms with E-state index in [1.54, 1.807) is 12.1 Å². The van der Waals surface area contributed by atoms with Crippen molar-refractivity contribution in [2.24, 2.45) is 5.92 Å². The van der Waals surface area contributed by atoms with Gasteiger partial charge >= 0.3 is 5.69 Å². The van der Waals surface area contributed by atoms with Crippen LogP contribution in [0.5, 0.6) is 0 Å². The minimum absolute atomic E-state index is 0.0106. The Bertz CT molecular complexity index is 603. The molecule has 0 aromatic heterocycles. The highest BCUT2D eigenvalue weighted by atomic mass is 35.5. The lowest BCUT2D eigenvalue weighted by Gasteiger charge is -2.11. The van der Waals surface area contributed by atoms with Gasteiger partial charge in [0.1, 0.15) is 10.7 Å². The molecule has 2 rings (SSSR count). The Morgan fingerprint density at radius 2 is 2.21 bits per heavy atom. The van der Waals surface area contributed by atoms with E-state index >= 15 is 0 Å². The third-order valence-electron chi connectivity index (χ3n) is 3.08. The van der Waals surface area contributed by atoms with Gasteiger partial charge in [-0.2, -0.15) is 0 Å². The number of hydrogen-bond acceptors (Lipinski definition) is 5. The molecule has 0 bridgehead atoms. The molecule has 0 spiro atoms. The Kier molecular flexibility index (Phi) is 3.96. The highest BCUT2D eigenvalue weighted by molar-refractivity contribution is 7.91. The molecule has 8 heteroatoms. The predicted octanol–water partition coefficient (Wildman–Crippen LogP) is 2.09. The molecule has 6 nitrogen and oxygen atoms in total. The Balaban J connectivity index is 2.08. The quantitative estimate of drug-likeness (QED) is 0.679. The molecule has 0 aliphatic carbocycles. The second kappa shape index (κ2) is 5.34. The van der Waals surface area contributed by atoms with Gasteiger partial charge in [-0.15, -0.1) is 0 Å². The molecule has 1 atom stereocenters. The average molecular weight is 305 g/mol. The highest BCUT2D eigenvalue weighted by Gasteiger charge is 2.28. The van der Waals surface area contributed by atoms with Gasteiger partial charge in [0.2, 0.25) is 0 Å². The smallest absolute Gasteiger partial charge is 0.310 e. The van der Waals surface area contributed by atoms with Gasteiger partial charge < -0.3 is 5.32 Å². The lowest BCUT2D eigenvalue weighted by molar-refractivity contribution is -0.383. The Hall–Kier alpha value is -1.34. The molecular weight excluding hydrogens is 292 g/mol. The molecule has 19 heavy (non-hydrogen) atoms. The van der Waals surface area contributed by atoms with Crippen molar-refractivity contribution in [3.05, 3.63) is 33.3 Å². The van der Waals surface area contributed by atoms with Crippen molar-refractivity contribution in [1.82, 2.24) is 0 Å². The zero-order chi connectivity index (χ0) is 14.0. The summed E-state index contributed by atoms with van der Waals surface area (Å²) in [6.07, 6.45) is 0.587. The van der Waals surface area contributed by atoms with Crippen LogP contribution >= 0.6 is 11.6 Å². The molecule has 0 amide bonds. The van der Waals surface area contributed by atoms with E-state index < -0.39 is 14.8 Å². The van der Waals surface area contributed by atoms with Crippen LogP contribution in [0.2, 0.25) is 5.02 Å². The molecule has 0 saturated carbocycles. The van der Waals surface area contributed by atoms with Crippen LogP contribution in [-0.2, 0) is 9.84 Å². The number of hydrogen-bond donors (Lipinski definition) is 1. The summed E-state index contributed by atoms with van der Waals surface area (Å²) in [4.78, 5) is 10.4. The number of anilines is 1. The molecule has 1 aliphatic rings. The van der Waals surface area contributed by atoms with Gasteiger partial charge in [-0.3, -0.25) is 10.1 Å². The molecule has 1 fully saturated rings. The summed E-state index contributed by atoms with van der Waals surface area (Å²) in [6, 6.07) is 4.63. The topological polar surface area (TPSA) is 89.3 Å². The number of nitro groups is 1. The van der Waals surface area contributed by atoms with Gasteiger partial charge in [0, 0.05) is 6.54 Å².